The third kappa shape index (κ3) is 3.41. The predicted molar refractivity (Wildman–Crippen MR) is 102 cm³/mol. The zero-order chi connectivity index (χ0) is 18.1. The molecule has 0 radical (unpaired) electrons. The van der Waals surface area contributed by atoms with E-state index in [0.29, 0.717) is 21.1 Å². The number of aromatic nitrogens is 1. The van der Waals surface area contributed by atoms with Crippen LogP contribution in [0.4, 0.5) is 0 Å². The molecule has 3 aromatic rings. The van der Waals surface area contributed by atoms with E-state index in [4.69, 9.17) is 23.2 Å². The Morgan fingerprint density at radius 1 is 1.08 bits per heavy atom. The molecular formula is C19H16Cl2N2O2. The van der Waals surface area contributed by atoms with Gasteiger partial charge in [-0.15, -0.1) is 0 Å². The molecule has 1 amide bonds. The van der Waals surface area contributed by atoms with Crippen molar-refractivity contribution >= 4 is 40.0 Å². The van der Waals surface area contributed by atoms with Gasteiger partial charge < -0.3 is 9.88 Å². The number of pyridine rings is 1. The van der Waals surface area contributed by atoms with Crippen LogP contribution < -0.4 is 10.9 Å². The number of carbonyl (C=O) groups is 1. The molecule has 0 aliphatic heterocycles. The Kier molecular flexibility index (Phi) is 4.84. The maximum atomic E-state index is 12.7. The molecule has 3 rings (SSSR count). The number of halogens is 2. The topological polar surface area (TPSA) is 51.1 Å². The van der Waals surface area contributed by atoms with E-state index < -0.39 is 0 Å². The lowest BCUT2D eigenvalue weighted by molar-refractivity contribution is 0.0941. The van der Waals surface area contributed by atoms with Crippen molar-refractivity contribution in [2.24, 2.45) is 7.05 Å². The highest BCUT2D eigenvalue weighted by Crippen LogP contribution is 2.26. The number of hydrogen-bond donors (Lipinski definition) is 1. The zero-order valence-corrected chi connectivity index (χ0v) is 15.2. The second kappa shape index (κ2) is 6.90. The molecule has 4 nitrogen and oxygen atoms in total. The Bertz CT molecular complexity index is 1030. The first-order valence-corrected chi connectivity index (χ1v) is 8.48. The van der Waals surface area contributed by atoms with Crippen LogP contribution in [0.5, 0.6) is 0 Å². The Labute approximate surface area is 155 Å². The third-order valence-electron chi connectivity index (χ3n) is 4.19. The average molecular weight is 375 g/mol. The monoisotopic (exact) mass is 374 g/mol. The molecule has 6 heteroatoms. The van der Waals surface area contributed by atoms with Gasteiger partial charge in [0.15, 0.2) is 0 Å². The van der Waals surface area contributed by atoms with E-state index in [1.807, 2.05) is 31.2 Å². The van der Waals surface area contributed by atoms with Crippen molar-refractivity contribution in [2.75, 3.05) is 0 Å². The van der Waals surface area contributed by atoms with E-state index in [9.17, 15) is 9.59 Å². The highest BCUT2D eigenvalue weighted by molar-refractivity contribution is 6.42. The molecule has 25 heavy (non-hydrogen) atoms. The van der Waals surface area contributed by atoms with Gasteiger partial charge >= 0.3 is 0 Å². The van der Waals surface area contributed by atoms with Crippen LogP contribution >= 0.6 is 23.2 Å². The fourth-order valence-corrected chi connectivity index (χ4v) is 3.04. The lowest BCUT2D eigenvalue weighted by Gasteiger charge is -2.16. The van der Waals surface area contributed by atoms with Crippen molar-refractivity contribution in [1.82, 2.24) is 9.88 Å². The molecule has 0 spiro atoms. The number of carbonyl (C=O) groups excluding carboxylic acids is 1. The van der Waals surface area contributed by atoms with Crippen LogP contribution in [0, 0.1) is 0 Å². The highest BCUT2D eigenvalue weighted by Gasteiger charge is 2.16. The molecule has 0 saturated carbocycles. The molecule has 2 aromatic carbocycles. The van der Waals surface area contributed by atoms with Gasteiger partial charge in [-0.2, -0.15) is 0 Å². The molecular weight excluding hydrogens is 359 g/mol. The normalized spacial score (nSPS) is 12.2. The van der Waals surface area contributed by atoms with Crippen LogP contribution in [0.3, 0.4) is 0 Å². The van der Waals surface area contributed by atoms with Crippen molar-refractivity contribution < 1.29 is 4.79 Å². The number of nitrogens with one attached hydrogen (secondary N) is 1. The first-order chi connectivity index (χ1) is 11.9. The Balaban J connectivity index is 1.96. The van der Waals surface area contributed by atoms with E-state index in [1.54, 1.807) is 25.2 Å². The molecule has 0 aliphatic carbocycles. The largest absolute Gasteiger partial charge is 0.345 e. The molecule has 128 valence electrons. The number of amides is 1. The molecule has 0 saturated heterocycles. The molecule has 1 aromatic heterocycles. The van der Waals surface area contributed by atoms with Crippen LogP contribution in [0.2, 0.25) is 10.0 Å². The van der Waals surface area contributed by atoms with E-state index in [0.717, 1.165) is 10.9 Å². The van der Waals surface area contributed by atoms with Gasteiger partial charge in [-0.25, -0.2) is 0 Å². The number of rotatable bonds is 3. The first-order valence-electron chi connectivity index (χ1n) is 7.73. The van der Waals surface area contributed by atoms with Crippen LogP contribution in [-0.2, 0) is 7.05 Å². The van der Waals surface area contributed by atoms with Crippen LogP contribution in [0.15, 0.2) is 53.3 Å². The number of para-hydroxylation sites is 1. The van der Waals surface area contributed by atoms with Crippen molar-refractivity contribution in [3.05, 3.63) is 80.1 Å². The molecule has 1 N–H and O–H groups in total. The smallest absolute Gasteiger partial charge is 0.252 e. The quantitative estimate of drug-likeness (QED) is 0.741. The summed E-state index contributed by atoms with van der Waals surface area (Å²) in [6, 6.07) is 13.6. The zero-order valence-electron chi connectivity index (χ0n) is 13.7. The standard InChI is InChI=1S/C19H16Cl2N2O2/c1-11(12-7-8-15(20)16(21)9-12)22-19(25)14-10-18(24)23(2)17-6-4-3-5-13(14)17/h3-11H,1-2H3,(H,22,25). The Hall–Kier alpha value is -2.30. The van der Waals surface area contributed by atoms with Gasteiger partial charge in [-0.1, -0.05) is 47.5 Å². The van der Waals surface area contributed by atoms with Crippen molar-refractivity contribution in [3.8, 4) is 0 Å². The van der Waals surface area contributed by atoms with E-state index in [2.05, 4.69) is 5.32 Å². The maximum Gasteiger partial charge on any atom is 0.252 e. The van der Waals surface area contributed by atoms with Crippen molar-refractivity contribution in [1.29, 1.82) is 0 Å². The molecule has 1 heterocycles. The molecule has 1 unspecified atom stereocenters. The van der Waals surface area contributed by atoms with Gasteiger partial charge in [0, 0.05) is 18.5 Å². The summed E-state index contributed by atoms with van der Waals surface area (Å²) in [6.45, 7) is 1.85. The van der Waals surface area contributed by atoms with Gasteiger partial charge in [0.05, 0.1) is 27.2 Å². The van der Waals surface area contributed by atoms with E-state index in [-0.39, 0.29) is 17.5 Å². The summed E-state index contributed by atoms with van der Waals surface area (Å²) >= 11 is 12.0. The molecule has 1 atom stereocenters. The Morgan fingerprint density at radius 3 is 2.52 bits per heavy atom. The van der Waals surface area contributed by atoms with Crippen molar-refractivity contribution in [3.63, 3.8) is 0 Å². The minimum absolute atomic E-state index is 0.231. The van der Waals surface area contributed by atoms with Crippen molar-refractivity contribution in [2.45, 2.75) is 13.0 Å². The summed E-state index contributed by atoms with van der Waals surface area (Å²) in [5.74, 6) is -0.313. The molecule has 0 aliphatic rings. The van der Waals surface area contributed by atoms with Gasteiger partial charge in [0.2, 0.25) is 0 Å². The number of hydrogen-bond acceptors (Lipinski definition) is 2. The minimum Gasteiger partial charge on any atom is -0.345 e. The fraction of sp³-hybridized carbons (Fsp3) is 0.158. The van der Waals surface area contributed by atoms with E-state index in [1.165, 1.54) is 10.6 Å². The summed E-state index contributed by atoms with van der Waals surface area (Å²) in [5.41, 5.74) is 1.66. The number of benzene rings is 2. The molecule has 0 bridgehead atoms. The second-order valence-corrected chi connectivity index (χ2v) is 6.66. The summed E-state index contributed by atoms with van der Waals surface area (Å²) in [6.07, 6.45) is 0. The van der Waals surface area contributed by atoms with Gasteiger partial charge in [0.1, 0.15) is 0 Å². The fourth-order valence-electron chi connectivity index (χ4n) is 2.74. The average Bonchev–Trinajstić information content (AvgIpc) is 2.60. The lowest BCUT2D eigenvalue weighted by atomic mass is 10.1. The number of nitrogens with zero attached hydrogens (tertiary/aromatic N) is 1. The number of fused-ring (bicyclic) bond motifs is 1. The summed E-state index contributed by atoms with van der Waals surface area (Å²) in [5, 5.41) is 4.52. The summed E-state index contributed by atoms with van der Waals surface area (Å²) < 4.78 is 1.52. The first kappa shape index (κ1) is 17.5. The maximum absolute atomic E-state index is 12.7. The highest BCUT2D eigenvalue weighted by atomic mass is 35.5. The van der Waals surface area contributed by atoms with Gasteiger partial charge in [-0.3, -0.25) is 9.59 Å². The molecule has 0 fully saturated rings. The Morgan fingerprint density at radius 2 is 1.80 bits per heavy atom. The summed E-state index contributed by atoms with van der Waals surface area (Å²) in [4.78, 5) is 24.9. The third-order valence-corrected chi connectivity index (χ3v) is 4.93. The van der Waals surface area contributed by atoms with Crippen LogP contribution in [0.25, 0.3) is 10.9 Å². The van der Waals surface area contributed by atoms with Gasteiger partial charge in [-0.05, 0) is 30.7 Å². The number of aryl methyl sites for hydroxylation is 1. The SMILES string of the molecule is CC(NC(=O)c1cc(=O)n(C)c2ccccc12)c1ccc(Cl)c(Cl)c1. The lowest BCUT2D eigenvalue weighted by Crippen LogP contribution is -2.29. The summed E-state index contributed by atoms with van der Waals surface area (Å²) in [7, 11) is 1.69. The minimum atomic E-state index is -0.313. The van der Waals surface area contributed by atoms with Crippen LogP contribution in [0.1, 0.15) is 28.9 Å². The van der Waals surface area contributed by atoms with Gasteiger partial charge in [0.25, 0.3) is 11.5 Å². The predicted octanol–water partition coefficient (Wildman–Crippen LogP) is 4.34. The van der Waals surface area contributed by atoms with E-state index >= 15 is 0 Å². The second-order valence-electron chi connectivity index (χ2n) is 5.84. The van der Waals surface area contributed by atoms with Crippen LogP contribution in [-0.4, -0.2) is 10.5 Å².